The number of thiophene rings is 1. The topological polar surface area (TPSA) is 71.1 Å². The van der Waals surface area contributed by atoms with Gasteiger partial charge in [-0.15, -0.1) is 11.3 Å². The lowest BCUT2D eigenvalue weighted by Gasteiger charge is -2.12. The number of carbonyl (C=O) groups is 2. The number of aryl methyl sites for hydroxylation is 1. The molecule has 2 heterocycles. The Balaban J connectivity index is 1.52. The molecule has 5 nitrogen and oxygen atoms in total. The maximum absolute atomic E-state index is 12.3. The van der Waals surface area contributed by atoms with Crippen LogP contribution in [0.4, 0.5) is 11.4 Å². The smallest absolute Gasteiger partial charge is 0.229 e. The van der Waals surface area contributed by atoms with Crippen LogP contribution in [-0.2, 0) is 22.4 Å². The third kappa shape index (κ3) is 6.04. The zero-order chi connectivity index (χ0) is 18.9. The first kappa shape index (κ1) is 18.8. The number of para-hydroxylation sites is 2. The normalized spacial score (nSPS) is 10.4. The van der Waals surface area contributed by atoms with Gasteiger partial charge in [-0.1, -0.05) is 24.3 Å². The van der Waals surface area contributed by atoms with Gasteiger partial charge in [-0.25, -0.2) is 0 Å². The number of amides is 2. The summed E-state index contributed by atoms with van der Waals surface area (Å²) in [6.45, 7) is 0. The quantitative estimate of drug-likeness (QED) is 0.613. The van der Waals surface area contributed by atoms with Crippen LogP contribution in [-0.4, -0.2) is 16.8 Å². The third-order valence-electron chi connectivity index (χ3n) is 3.95. The lowest BCUT2D eigenvalue weighted by molar-refractivity contribution is -0.117. The van der Waals surface area contributed by atoms with E-state index in [2.05, 4.69) is 15.6 Å². The van der Waals surface area contributed by atoms with Crippen LogP contribution in [0.3, 0.4) is 0 Å². The molecule has 0 saturated heterocycles. The van der Waals surface area contributed by atoms with Crippen molar-refractivity contribution in [3.63, 3.8) is 0 Å². The summed E-state index contributed by atoms with van der Waals surface area (Å²) in [5, 5.41) is 7.71. The highest BCUT2D eigenvalue weighted by atomic mass is 32.1. The van der Waals surface area contributed by atoms with E-state index < -0.39 is 0 Å². The van der Waals surface area contributed by atoms with E-state index in [9.17, 15) is 9.59 Å². The summed E-state index contributed by atoms with van der Waals surface area (Å²) in [5.74, 6) is -0.180. The summed E-state index contributed by atoms with van der Waals surface area (Å²) >= 11 is 1.55. The minimum absolute atomic E-state index is 0.0779. The molecule has 138 valence electrons. The highest BCUT2D eigenvalue weighted by Crippen LogP contribution is 2.22. The minimum atomic E-state index is -0.102. The zero-order valence-electron chi connectivity index (χ0n) is 14.9. The van der Waals surface area contributed by atoms with E-state index in [1.807, 2.05) is 47.8 Å². The molecule has 0 fully saturated rings. The maximum Gasteiger partial charge on any atom is 0.229 e. The molecule has 27 heavy (non-hydrogen) atoms. The van der Waals surface area contributed by atoms with E-state index in [4.69, 9.17) is 0 Å². The Morgan fingerprint density at radius 2 is 1.63 bits per heavy atom. The Hall–Kier alpha value is -2.99. The summed E-state index contributed by atoms with van der Waals surface area (Å²) in [7, 11) is 0. The van der Waals surface area contributed by atoms with Crippen molar-refractivity contribution in [3.8, 4) is 0 Å². The van der Waals surface area contributed by atoms with Crippen LogP contribution >= 0.6 is 11.3 Å². The first-order valence-electron chi connectivity index (χ1n) is 8.82. The number of anilines is 2. The number of benzene rings is 1. The average molecular weight is 379 g/mol. The van der Waals surface area contributed by atoms with Crippen LogP contribution < -0.4 is 10.6 Å². The minimum Gasteiger partial charge on any atom is -0.324 e. The van der Waals surface area contributed by atoms with Gasteiger partial charge >= 0.3 is 0 Å². The lowest BCUT2D eigenvalue weighted by atomic mass is 10.1. The molecule has 0 unspecified atom stereocenters. The second-order valence-corrected chi connectivity index (χ2v) is 7.10. The van der Waals surface area contributed by atoms with Gasteiger partial charge in [0, 0.05) is 23.2 Å². The van der Waals surface area contributed by atoms with Crippen LogP contribution in [0.5, 0.6) is 0 Å². The molecule has 0 radical (unpaired) electrons. The van der Waals surface area contributed by atoms with Crippen molar-refractivity contribution in [2.24, 2.45) is 0 Å². The fourth-order valence-electron chi connectivity index (χ4n) is 2.66. The van der Waals surface area contributed by atoms with Crippen LogP contribution in [0.2, 0.25) is 0 Å². The van der Waals surface area contributed by atoms with E-state index >= 15 is 0 Å². The molecule has 0 aliphatic heterocycles. The fraction of sp³-hybridized carbons (Fsp3) is 0.190. The molecule has 2 N–H and O–H groups in total. The molecular weight excluding hydrogens is 358 g/mol. The van der Waals surface area contributed by atoms with Crippen molar-refractivity contribution in [1.82, 2.24) is 4.98 Å². The molecule has 0 atom stereocenters. The number of hydrogen-bond acceptors (Lipinski definition) is 4. The average Bonchev–Trinajstić information content (AvgIpc) is 3.17. The molecule has 0 aliphatic carbocycles. The van der Waals surface area contributed by atoms with Crippen LogP contribution in [0, 0.1) is 0 Å². The zero-order valence-corrected chi connectivity index (χ0v) is 15.7. The van der Waals surface area contributed by atoms with E-state index in [-0.39, 0.29) is 11.8 Å². The van der Waals surface area contributed by atoms with Crippen molar-refractivity contribution in [1.29, 1.82) is 0 Å². The van der Waals surface area contributed by atoms with Gasteiger partial charge in [-0.2, -0.15) is 0 Å². The molecule has 0 bridgehead atoms. The van der Waals surface area contributed by atoms with Gasteiger partial charge in [0.05, 0.1) is 17.8 Å². The second kappa shape index (κ2) is 9.64. The van der Waals surface area contributed by atoms with Crippen LogP contribution in [0.15, 0.2) is 66.2 Å². The number of rotatable bonds is 8. The summed E-state index contributed by atoms with van der Waals surface area (Å²) < 4.78 is 0. The number of nitrogens with one attached hydrogen (secondary N) is 2. The first-order valence-corrected chi connectivity index (χ1v) is 9.70. The van der Waals surface area contributed by atoms with E-state index in [0.717, 1.165) is 23.4 Å². The Kier molecular flexibility index (Phi) is 6.71. The van der Waals surface area contributed by atoms with Crippen molar-refractivity contribution in [3.05, 3.63) is 76.7 Å². The van der Waals surface area contributed by atoms with Gasteiger partial charge < -0.3 is 10.6 Å². The highest BCUT2D eigenvalue weighted by Gasteiger charge is 2.10. The van der Waals surface area contributed by atoms with Gasteiger partial charge in [0.15, 0.2) is 0 Å². The molecule has 3 rings (SSSR count). The van der Waals surface area contributed by atoms with Gasteiger partial charge in [0.2, 0.25) is 11.8 Å². The number of aromatic nitrogens is 1. The monoisotopic (exact) mass is 379 g/mol. The SMILES string of the molecule is O=C(CCCc1ccccn1)Nc1ccccc1NC(=O)Cc1cccs1. The maximum atomic E-state index is 12.3. The number of carbonyl (C=O) groups excluding carboxylic acids is 2. The van der Waals surface area contributed by atoms with Gasteiger partial charge in [-0.3, -0.25) is 14.6 Å². The van der Waals surface area contributed by atoms with E-state index in [1.54, 1.807) is 29.7 Å². The fourth-order valence-corrected chi connectivity index (χ4v) is 3.36. The largest absolute Gasteiger partial charge is 0.324 e. The predicted molar refractivity (Wildman–Crippen MR) is 109 cm³/mol. The Morgan fingerprint density at radius 3 is 2.30 bits per heavy atom. The van der Waals surface area contributed by atoms with Gasteiger partial charge in [-0.05, 0) is 48.6 Å². The molecule has 6 heteroatoms. The lowest BCUT2D eigenvalue weighted by Crippen LogP contribution is -2.17. The van der Waals surface area contributed by atoms with Crippen LogP contribution in [0.1, 0.15) is 23.4 Å². The summed E-state index contributed by atoms with van der Waals surface area (Å²) in [5.41, 5.74) is 2.20. The van der Waals surface area contributed by atoms with E-state index in [0.29, 0.717) is 24.2 Å². The standard InChI is InChI=1S/C21H21N3O2S/c25-20(12-5-8-16-7-3-4-13-22-16)23-18-10-1-2-11-19(18)24-21(26)15-17-9-6-14-27-17/h1-4,6-7,9-11,13-14H,5,8,12,15H2,(H,23,25)(H,24,26). The van der Waals surface area contributed by atoms with Gasteiger partial charge in [0.1, 0.15) is 0 Å². The van der Waals surface area contributed by atoms with Crippen LogP contribution in [0.25, 0.3) is 0 Å². The molecule has 0 spiro atoms. The molecule has 2 amide bonds. The Morgan fingerprint density at radius 1 is 0.889 bits per heavy atom. The predicted octanol–water partition coefficient (Wildman–Crippen LogP) is 4.29. The highest BCUT2D eigenvalue weighted by molar-refractivity contribution is 7.10. The third-order valence-corrected chi connectivity index (χ3v) is 4.83. The van der Waals surface area contributed by atoms with Gasteiger partial charge in [0.25, 0.3) is 0 Å². The number of nitrogens with zero attached hydrogens (tertiary/aromatic N) is 1. The molecule has 0 saturated carbocycles. The summed E-state index contributed by atoms with van der Waals surface area (Å²) in [6.07, 6.45) is 3.95. The Bertz CT molecular complexity index is 879. The second-order valence-electron chi connectivity index (χ2n) is 6.07. The molecule has 2 aromatic heterocycles. The van der Waals surface area contributed by atoms with Crippen molar-refractivity contribution < 1.29 is 9.59 Å². The summed E-state index contributed by atoms with van der Waals surface area (Å²) in [4.78, 5) is 29.7. The molecule has 3 aromatic rings. The van der Waals surface area contributed by atoms with Crippen molar-refractivity contribution in [2.45, 2.75) is 25.7 Å². The Labute approximate surface area is 162 Å². The van der Waals surface area contributed by atoms with Crippen molar-refractivity contribution >= 4 is 34.5 Å². The summed E-state index contributed by atoms with van der Waals surface area (Å²) in [6, 6.07) is 16.9. The number of pyridine rings is 1. The molecule has 1 aromatic carbocycles. The first-order chi connectivity index (χ1) is 13.2. The molecular formula is C21H21N3O2S. The number of hydrogen-bond donors (Lipinski definition) is 2. The van der Waals surface area contributed by atoms with Crippen molar-refractivity contribution in [2.75, 3.05) is 10.6 Å². The molecule has 0 aliphatic rings. The van der Waals surface area contributed by atoms with E-state index in [1.165, 1.54) is 0 Å².